The molecule has 7 heteroatoms. The van der Waals surface area contributed by atoms with Gasteiger partial charge in [0, 0.05) is 6.20 Å². The molecule has 0 aliphatic rings. The number of hydrogen-bond donors (Lipinski definition) is 1. The summed E-state index contributed by atoms with van der Waals surface area (Å²) in [5.74, 6) is -0.596. The highest BCUT2D eigenvalue weighted by atomic mass is 32.2. The van der Waals surface area contributed by atoms with Gasteiger partial charge in [-0.25, -0.2) is 13.2 Å². The van der Waals surface area contributed by atoms with E-state index in [0.29, 0.717) is 11.3 Å². The van der Waals surface area contributed by atoms with E-state index in [-0.39, 0.29) is 10.5 Å². The van der Waals surface area contributed by atoms with Crippen molar-refractivity contribution in [2.75, 3.05) is 7.11 Å². The van der Waals surface area contributed by atoms with Gasteiger partial charge in [0.25, 0.3) is 0 Å². The van der Waals surface area contributed by atoms with Crippen LogP contribution in [-0.2, 0) is 14.8 Å². The standard InChI is InChI=1S/C21H20N2O4S/c1-15-11-12-17(21(24)27-2)14-19(15)28(25,26)23-20(16-8-4-3-5-9-16)18-10-6-7-13-22-18/h3-14,20,23H,1-2H3. The van der Waals surface area contributed by atoms with Crippen molar-refractivity contribution in [2.45, 2.75) is 17.9 Å². The van der Waals surface area contributed by atoms with E-state index in [0.717, 1.165) is 5.56 Å². The van der Waals surface area contributed by atoms with Crippen molar-refractivity contribution in [3.63, 3.8) is 0 Å². The van der Waals surface area contributed by atoms with Gasteiger partial charge in [0.15, 0.2) is 0 Å². The van der Waals surface area contributed by atoms with E-state index in [1.807, 2.05) is 30.3 Å². The number of nitrogens with zero attached hydrogens (tertiary/aromatic N) is 1. The van der Waals surface area contributed by atoms with Gasteiger partial charge < -0.3 is 4.74 Å². The topological polar surface area (TPSA) is 85.4 Å². The summed E-state index contributed by atoms with van der Waals surface area (Å²) >= 11 is 0. The van der Waals surface area contributed by atoms with Crippen molar-refractivity contribution in [1.82, 2.24) is 9.71 Å². The summed E-state index contributed by atoms with van der Waals surface area (Å²) in [4.78, 5) is 16.2. The van der Waals surface area contributed by atoms with Crippen molar-refractivity contribution < 1.29 is 17.9 Å². The number of hydrogen-bond acceptors (Lipinski definition) is 5. The molecule has 0 aliphatic carbocycles. The highest BCUT2D eigenvalue weighted by Crippen LogP contribution is 2.25. The second kappa shape index (κ2) is 8.33. The van der Waals surface area contributed by atoms with Gasteiger partial charge in [-0.15, -0.1) is 0 Å². The van der Waals surface area contributed by atoms with Crippen LogP contribution in [0, 0.1) is 6.92 Å². The minimum atomic E-state index is -3.95. The Balaban J connectivity index is 2.04. The van der Waals surface area contributed by atoms with Crippen molar-refractivity contribution >= 4 is 16.0 Å². The molecule has 0 bridgehead atoms. The van der Waals surface area contributed by atoms with Crippen LogP contribution < -0.4 is 4.72 Å². The minimum Gasteiger partial charge on any atom is -0.465 e. The third-order valence-corrected chi connectivity index (χ3v) is 5.85. The number of benzene rings is 2. The lowest BCUT2D eigenvalue weighted by molar-refractivity contribution is 0.0600. The molecule has 1 unspecified atom stereocenters. The Hall–Kier alpha value is -3.03. The number of aromatic nitrogens is 1. The molecule has 0 radical (unpaired) electrons. The van der Waals surface area contributed by atoms with Crippen molar-refractivity contribution in [3.8, 4) is 0 Å². The summed E-state index contributed by atoms with van der Waals surface area (Å²) in [7, 11) is -2.70. The van der Waals surface area contributed by atoms with E-state index in [9.17, 15) is 13.2 Å². The fourth-order valence-electron chi connectivity index (χ4n) is 2.84. The zero-order chi connectivity index (χ0) is 20.1. The van der Waals surface area contributed by atoms with E-state index < -0.39 is 22.0 Å². The molecular weight excluding hydrogens is 376 g/mol. The molecule has 0 saturated carbocycles. The zero-order valence-electron chi connectivity index (χ0n) is 15.5. The maximum absolute atomic E-state index is 13.2. The predicted molar refractivity (Wildman–Crippen MR) is 105 cm³/mol. The first-order chi connectivity index (χ1) is 13.4. The number of rotatable bonds is 6. The Morgan fingerprint density at radius 1 is 1.04 bits per heavy atom. The number of methoxy groups -OCH3 is 1. The second-order valence-electron chi connectivity index (χ2n) is 6.19. The first kappa shape index (κ1) is 19.7. The fraction of sp³-hybridized carbons (Fsp3) is 0.143. The first-order valence-corrected chi connectivity index (χ1v) is 10.1. The lowest BCUT2D eigenvalue weighted by Gasteiger charge is -2.20. The minimum absolute atomic E-state index is 0.0206. The maximum atomic E-state index is 13.2. The van der Waals surface area contributed by atoms with E-state index in [2.05, 4.69) is 9.71 Å². The molecule has 2 aromatic carbocycles. The molecule has 1 N–H and O–H groups in total. The Kier molecular flexibility index (Phi) is 5.87. The third-order valence-electron chi connectivity index (χ3n) is 4.29. The fourth-order valence-corrected chi connectivity index (χ4v) is 4.31. The van der Waals surface area contributed by atoms with Gasteiger partial charge in [-0.3, -0.25) is 4.98 Å². The summed E-state index contributed by atoms with van der Waals surface area (Å²) in [6.07, 6.45) is 1.61. The van der Waals surface area contributed by atoms with Gasteiger partial charge >= 0.3 is 5.97 Å². The molecule has 0 aliphatic heterocycles. The zero-order valence-corrected chi connectivity index (χ0v) is 16.3. The number of pyridine rings is 1. The lowest BCUT2D eigenvalue weighted by Crippen LogP contribution is -2.30. The van der Waals surface area contributed by atoms with Crippen LogP contribution in [0.25, 0.3) is 0 Å². The molecule has 0 amide bonds. The highest BCUT2D eigenvalue weighted by Gasteiger charge is 2.26. The molecule has 0 fully saturated rings. The monoisotopic (exact) mass is 396 g/mol. The van der Waals surface area contributed by atoms with Crippen LogP contribution in [0.15, 0.2) is 77.8 Å². The number of carbonyl (C=O) groups excluding carboxylic acids is 1. The predicted octanol–water partition coefficient (Wildman–Crippen LogP) is 3.24. The van der Waals surface area contributed by atoms with E-state index >= 15 is 0 Å². The van der Waals surface area contributed by atoms with Gasteiger partial charge in [0.1, 0.15) is 0 Å². The van der Waals surface area contributed by atoms with Gasteiger partial charge in [0.05, 0.1) is 29.3 Å². The molecule has 28 heavy (non-hydrogen) atoms. The highest BCUT2D eigenvalue weighted by molar-refractivity contribution is 7.89. The average Bonchev–Trinajstić information content (AvgIpc) is 2.73. The summed E-state index contributed by atoms with van der Waals surface area (Å²) in [6.45, 7) is 1.67. The van der Waals surface area contributed by atoms with Gasteiger partial charge in [-0.05, 0) is 42.3 Å². The van der Waals surface area contributed by atoms with Gasteiger partial charge in [-0.2, -0.15) is 4.72 Å². The molecule has 1 aromatic heterocycles. The van der Waals surface area contributed by atoms with Gasteiger partial charge in [0.2, 0.25) is 10.0 Å². The normalized spacial score (nSPS) is 12.4. The summed E-state index contributed by atoms with van der Waals surface area (Å²) in [6, 6.07) is 18.3. The van der Waals surface area contributed by atoms with Crippen molar-refractivity contribution in [1.29, 1.82) is 0 Å². The summed E-state index contributed by atoms with van der Waals surface area (Å²) in [5.41, 5.74) is 2.01. The Morgan fingerprint density at radius 3 is 2.39 bits per heavy atom. The summed E-state index contributed by atoms with van der Waals surface area (Å²) in [5, 5.41) is 0. The smallest absolute Gasteiger partial charge is 0.337 e. The number of carbonyl (C=O) groups is 1. The first-order valence-electron chi connectivity index (χ1n) is 8.59. The number of sulfonamides is 1. The summed E-state index contributed by atoms with van der Waals surface area (Å²) < 4.78 is 33.8. The van der Waals surface area contributed by atoms with Crippen LogP contribution in [0.5, 0.6) is 0 Å². The SMILES string of the molecule is COC(=O)c1ccc(C)c(S(=O)(=O)NC(c2ccccc2)c2ccccn2)c1. The molecule has 6 nitrogen and oxygen atoms in total. The van der Waals surface area contributed by atoms with Crippen LogP contribution in [0.2, 0.25) is 0 Å². The molecule has 3 aromatic rings. The van der Waals surface area contributed by atoms with E-state index in [1.165, 1.54) is 19.2 Å². The maximum Gasteiger partial charge on any atom is 0.337 e. The van der Waals surface area contributed by atoms with E-state index in [4.69, 9.17) is 4.74 Å². The second-order valence-corrected chi connectivity index (χ2v) is 7.87. The Morgan fingerprint density at radius 2 is 1.75 bits per heavy atom. The average molecular weight is 396 g/mol. The molecule has 1 atom stereocenters. The number of nitrogens with one attached hydrogen (secondary N) is 1. The van der Waals surface area contributed by atoms with Crippen LogP contribution >= 0.6 is 0 Å². The molecular formula is C21H20N2O4S. The number of ether oxygens (including phenoxy) is 1. The lowest BCUT2D eigenvalue weighted by atomic mass is 10.0. The molecule has 3 rings (SSSR count). The number of esters is 1. The number of aryl methyl sites for hydroxylation is 1. The van der Waals surface area contributed by atoms with Gasteiger partial charge in [-0.1, -0.05) is 42.5 Å². The van der Waals surface area contributed by atoms with Crippen molar-refractivity contribution in [3.05, 3.63) is 95.3 Å². The Bertz CT molecular complexity index is 1030. The third kappa shape index (κ3) is 4.27. The molecule has 1 heterocycles. The molecule has 144 valence electrons. The van der Waals surface area contributed by atoms with Crippen LogP contribution in [-0.4, -0.2) is 26.5 Å². The molecule has 0 saturated heterocycles. The van der Waals surface area contributed by atoms with Crippen molar-refractivity contribution in [2.24, 2.45) is 0 Å². The largest absolute Gasteiger partial charge is 0.465 e. The van der Waals surface area contributed by atoms with E-state index in [1.54, 1.807) is 37.4 Å². The Labute approximate surface area is 164 Å². The van der Waals surface area contributed by atoms with Crippen LogP contribution in [0.4, 0.5) is 0 Å². The molecule has 0 spiro atoms. The van der Waals surface area contributed by atoms with Crippen LogP contribution in [0.3, 0.4) is 0 Å². The quantitative estimate of drug-likeness (QED) is 0.647. The van der Waals surface area contributed by atoms with Crippen LogP contribution in [0.1, 0.15) is 33.2 Å².